The summed E-state index contributed by atoms with van der Waals surface area (Å²) in [4.78, 5) is 11.0. The van der Waals surface area contributed by atoms with Crippen LogP contribution < -0.4 is 5.32 Å². The van der Waals surface area contributed by atoms with E-state index in [0.29, 0.717) is 13.2 Å². The second kappa shape index (κ2) is 8.48. The summed E-state index contributed by atoms with van der Waals surface area (Å²) < 4.78 is 4.78. The predicted octanol–water partition coefficient (Wildman–Crippen LogP) is 2.25. The summed E-state index contributed by atoms with van der Waals surface area (Å²) in [5, 5.41) is 3.26. The van der Waals surface area contributed by atoms with Gasteiger partial charge in [0.25, 0.3) is 0 Å². The average molecular weight is 247 g/mol. The van der Waals surface area contributed by atoms with E-state index >= 15 is 0 Å². The third kappa shape index (κ3) is 6.21. The Hall–Kier alpha value is -1.61. The van der Waals surface area contributed by atoms with Crippen LogP contribution in [0.4, 0.5) is 0 Å². The van der Waals surface area contributed by atoms with Crippen LogP contribution in [0, 0.1) is 6.92 Å². The van der Waals surface area contributed by atoms with E-state index in [-0.39, 0.29) is 5.97 Å². The van der Waals surface area contributed by atoms with Crippen molar-refractivity contribution < 1.29 is 9.53 Å². The lowest BCUT2D eigenvalue weighted by atomic mass is 10.1. The Balaban J connectivity index is 2.14. The highest BCUT2D eigenvalue weighted by molar-refractivity contribution is 5.81. The summed E-state index contributed by atoms with van der Waals surface area (Å²) in [6, 6.07) is 8.49. The summed E-state index contributed by atoms with van der Waals surface area (Å²) in [6.45, 7) is 5.90. The normalized spacial score (nSPS) is 10.8. The van der Waals surface area contributed by atoms with E-state index in [2.05, 4.69) is 36.5 Å². The van der Waals surface area contributed by atoms with Crippen molar-refractivity contribution in [2.24, 2.45) is 0 Å². The second-order valence-corrected chi connectivity index (χ2v) is 4.10. The highest BCUT2D eigenvalue weighted by Gasteiger charge is 1.94. The summed E-state index contributed by atoms with van der Waals surface area (Å²) in [5.74, 6) is -0.280. The fraction of sp³-hybridized carbons (Fsp3) is 0.400. The van der Waals surface area contributed by atoms with E-state index in [0.717, 1.165) is 13.0 Å². The fourth-order valence-corrected chi connectivity index (χ4v) is 1.63. The summed E-state index contributed by atoms with van der Waals surface area (Å²) in [6.07, 6.45) is 4.24. The zero-order chi connectivity index (χ0) is 13.2. The molecular formula is C15H21NO2. The number of benzene rings is 1. The van der Waals surface area contributed by atoms with Crippen molar-refractivity contribution >= 4 is 5.97 Å². The van der Waals surface area contributed by atoms with Crippen molar-refractivity contribution in [2.45, 2.75) is 20.3 Å². The van der Waals surface area contributed by atoms with Crippen molar-refractivity contribution in [2.75, 3.05) is 19.7 Å². The van der Waals surface area contributed by atoms with Gasteiger partial charge >= 0.3 is 5.97 Å². The molecule has 1 N–H and O–H groups in total. The molecule has 0 bridgehead atoms. The molecule has 18 heavy (non-hydrogen) atoms. The van der Waals surface area contributed by atoms with E-state index in [1.165, 1.54) is 17.2 Å². The summed E-state index contributed by atoms with van der Waals surface area (Å²) in [7, 11) is 0. The van der Waals surface area contributed by atoms with E-state index in [1.807, 2.05) is 0 Å². The summed E-state index contributed by atoms with van der Waals surface area (Å²) in [5.41, 5.74) is 2.62. The molecule has 0 atom stereocenters. The van der Waals surface area contributed by atoms with Crippen LogP contribution in [0.5, 0.6) is 0 Å². The van der Waals surface area contributed by atoms with Crippen LogP contribution in [-0.4, -0.2) is 25.7 Å². The Morgan fingerprint density at radius 3 is 3.00 bits per heavy atom. The van der Waals surface area contributed by atoms with Crippen molar-refractivity contribution in [1.29, 1.82) is 0 Å². The first-order chi connectivity index (χ1) is 8.72. The lowest BCUT2D eigenvalue weighted by Crippen LogP contribution is -2.17. The minimum atomic E-state index is -0.280. The number of aryl methyl sites for hydroxylation is 1. The average Bonchev–Trinajstić information content (AvgIpc) is 2.34. The minimum absolute atomic E-state index is 0.280. The van der Waals surface area contributed by atoms with Gasteiger partial charge in [-0.1, -0.05) is 35.9 Å². The highest BCUT2D eigenvalue weighted by Crippen LogP contribution is 2.03. The van der Waals surface area contributed by atoms with Crippen molar-refractivity contribution in [3.8, 4) is 0 Å². The molecule has 0 aliphatic heterocycles. The maximum absolute atomic E-state index is 11.0. The molecule has 1 rings (SSSR count). The van der Waals surface area contributed by atoms with Gasteiger partial charge in [0.2, 0.25) is 0 Å². The molecule has 1 aromatic rings. The first kappa shape index (κ1) is 14.5. The van der Waals surface area contributed by atoms with Crippen LogP contribution in [0.15, 0.2) is 36.4 Å². The van der Waals surface area contributed by atoms with Gasteiger partial charge in [-0.05, 0) is 32.4 Å². The van der Waals surface area contributed by atoms with Gasteiger partial charge in [0.1, 0.15) is 0 Å². The molecule has 0 aliphatic rings. The monoisotopic (exact) mass is 247 g/mol. The number of nitrogens with one attached hydrogen (secondary N) is 1. The number of ether oxygens (including phenoxy) is 1. The maximum atomic E-state index is 11.0. The van der Waals surface area contributed by atoms with Crippen molar-refractivity contribution in [3.63, 3.8) is 0 Å². The van der Waals surface area contributed by atoms with Crippen molar-refractivity contribution in [3.05, 3.63) is 47.5 Å². The maximum Gasteiger partial charge on any atom is 0.330 e. The lowest BCUT2D eigenvalue weighted by Gasteiger charge is -2.03. The Morgan fingerprint density at radius 1 is 1.44 bits per heavy atom. The Morgan fingerprint density at radius 2 is 2.28 bits per heavy atom. The van der Waals surface area contributed by atoms with Gasteiger partial charge in [0, 0.05) is 12.6 Å². The molecule has 0 radical (unpaired) electrons. The van der Waals surface area contributed by atoms with Crippen LogP contribution in [0.25, 0.3) is 0 Å². The molecule has 3 heteroatoms. The highest BCUT2D eigenvalue weighted by atomic mass is 16.5. The molecule has 0 heterocycles. The molecule has 3 nitrogen and oxygen atoms in total. The van der Waals surface area contributed by atoms with Crippen LogP contribution in [0.1, 0.15) is 18.1 Å². The molecule has 0 unspecified atom stereocenters. The van der Waals surface area contributed by atoms with E-state index in [9.17, 15) is 4.79 Å². The van der Waals surface area contributed by atoms with E-state index < -0.39 is 0 Å². The third-order valence-corrected chi connectivity index (χ3v) is 2.48. The van der Waals surface area contributed by atoms with Gasteiger partial charge in [-0.25, -0.2) is 4.79 Å². The number of carbonyl (C=O) groups excluding carboxylic acids is 1. The smallest absolute Gasteiger partial charge is 0.330 e. The number of hydrogen-bond acceptors (Lipinski definition) is 3. The van der Waals surface area contributed by atoms with E-state index in [4.69, 9.17) is 4.74 Å². The zero-order valence-corrected chi connectivity index (χ0v) is 11.1. The number of rotatable bonds is 7. The molecule has 98 valence electrons. The van der Waals surface area contributed by atoms with Crippen molar-refractivity contribution in [1.82, 2.24) is 5.32 Å². The van der Waals surface area contributed by atoms with Gasteiger partial charge in [-0.15, -0.1) is 0 Å². The Kier molecular flexibility index (Phi) is 6.81. The fourth-order valence-electron chi connectivity index (χ4n) is 1.63. The number of esters is 1. The molecule has 0 saturated carbocycles. The molecule has 0 saturated heterocycles. The number of carbonyl (C=O) groups is 1. The topological polar surface area (TPSA) is 38.3 Å². The first-order valence-electron chi connectivity index (χ1n) is 6.32. The lowest BCUT2D eigenvalue weighted by molar-refractivity contribution is -0.137. The van der Waals surface area contributed by atoms with Gasteiger partial charge in [-0.2, -0.15) is 0 Å². The van der Waals surface area contributed by atoms with Gasteiger partial charge in [-0.3, -0.25) is 0 Å². The van der Waals surface area contributed by atoms with Crippen LogP contribution in [0.2, 0.25) is 0 Å². The molecule has 1 aromatic carbocycles. The minimum Gasteiger partial charge on any atom is -0.463 e. The molecular weight excluding hydrogens is 226 g/mol. The SMILES string of the molecule is CCOC(=O)/C=C/CNCCc1cccc(C)c1. The van der Waals surface area contributed by atoms with Gasteiger partial charge in [0.15, 0.2) is 0 Å². The Bertz CT molecular complexity index is 399. The zero-order valence-electron chi connectivity index (χ0n) is 11.1. The van der Waals surface area contributed by atoms with Crippen LogP contribution in [0.3, 0.4) is 0 Å². The standard InChI is InChI=1S/C15H21NO2/c1-3-18-15(17)8-5-10-16-11-9-14-7-4-6-13(2)12-14/h4-8,12,16H,3,9-11H2,1-2H3/b8-5+. The quantitative estimate of drug-likeness (QED) is 0.456. The van der Waals surface area contributed by atoms with E-state index in [1.54, 1.807) is 13.0 Å². The molecule has 0 amide bonds. The van der Waals surface area contributed by atoms with Crippen LogP contribution >= 0.6 is 0 Å². The van der Waals surface area contributed by atoms with Gasteiger partial charge in [0.05, 0.1) is 6.61 Å². The molecule has 0 aromatic heterocycles. The molecule has 0 aliphatic carbocycles. The number of hydrogen-bond donors (Lipinski definition) is 1. The first-order valence-corrected chi connectivity index (χ1v) is 6.32. The van der Waals surface area contributed by atoms with Crippen LogP contribution in [-0.2, 0) is 16.0 Å². The largest absolute Gasteiger partial charge is 0.463 e. The predicted molar refractivity (Wildman–Crippen MR) is 73.5 cm³/mol. The summed E-state index contributed by atoms with van der Waals surface area (Å²) >= 11 is 0. The Labute approximate surface area is 109 Å². The molecule has 0 fully saturated rings. The second-order valence-electron chi connectivity index (χ2n) is 4.10. The third-order valence-electron chi connectivity index (χ3n) is 2.48. The van der Waals surface area contributed by atoms with Gasteiger partial charge < -0.3 is 10.1 Å². The molecule has 0 spiro atoms.